The van der Waals surface area contributed by atoms with Crippen molar-refractivity contribution in [1.29, 1.82) is 0 Å². The Morgan fingerprint density at radius 2 is 0.590 bits per heavy atom. The van der Waals surface area contributed by atoms with E-state index in [1.165, 1.54) is 66.8 Å². The van der Waals surface area contributed by atoms with Gasteiger partial charge >= 0.3 is 0 Å². The summed E-state index contributed by atoms with van der Waals surface area (Å²) in [6, 6.07) is 75.2. The molecule has 0 spiro atoms. The second kappa shape index (κ2) is 23.5. The van der Waals surface area contributed by atoms with Gasteiger partial charge in [0.25, 0.3) is 0 Å². The number of para-hydroxylation sites is 3. The van der Waals surface area contributed by atoms with Gasteiger partial charge in [-0.1, -0.05) is 174 Å². The largest absolute Gasteiger partial charge is 0.341 e. The molecule has 3 aliphatic heterocycles. The topological polar surface area (TPSA) is 22.7 Å². The van der Waals surface area contributed by atoms with Crippen LogP contribution in [0.3, 0.4) is 0 Å². The van der Waals surface area contributed by atoms with Gasteiger partial charge < -0.3 is 29.4 Å². The summed E-state index contributed by atoms with van der Waals surface area (Å²) in [6.45, 7) is 33.4. The SMILES string of the molecule is CCN1c2cc3c(c4c2N2c5c(cc6c(c5N(C)c5cc7c(c1c52)-c1ccc(N(c2ccc(C(C)C)cc2)c2ccccc2F)cc1C7(C)C)-c1ccc(N(c2ccc(C(C)C)cc2)c2ccccc2F)cc1C6(C)C)N4CC)-c1ccc(N(c2ccc(C(C)C)cc2)c2ccccc2F)cc1C3(C)C. The van der Waals surface area contributed by atoms with Crippen molar-refractivity contribution in [2.24, 2.45) is 0 Å². The van der Waals surface area contributed by atoms with E-state index in [1.54, 1.807) is 36.4 Å². The molecule has 0 unspecified atom stereocenters. The van der Waals surface area contributed by atoms with Crippen molar-refractivity contribution in [2.75, 3.05) is 54.4 Å². The molecule has 0 atom stereocenters. The number of benzene rings is 12. The minimum absolute atomic E-state index is 0.294. The summed E-state index contributed by atoms with van der Waals surface area (Å²) in [5.74, 6) is 0.127. The standard InChI is InChI=1S/C95H88F3N7/c1-16-100-82-52-73-84(66-45-42-63(48-69(66)94(73,11)12)102(78-27-21-18-24-75(78)96)60-36-30-57(31-37-60)54(3)4)90-88(82)105-87-81(99(90)15)51-72-85(67-46-43-64(49-70(67)93(72,9)10)103(79-28-22-19-25-76(79)97)61-38-32-58(33-39-61)55(5)6)91(87)101(17-2)83-53-74-86(92(100)89(83)105)68-47-44-65(50-71(68)95(74,13)14)104(80-29-23-20-26-77(80)98)62-40-34-59(35-41-62)56(7)8/h18-56H,16-17H2,1-15H3. The van der Waals surface area contributed by atoms with E-state index in [9.17, 15) is 0 Å². The van der Waals surface area contributed by atoms with Crippen molar-refractivity contribution < 1.29 is 13.2 Å². The lowest BCUT2D eigenvalue weighted by atomic mass is 9.79. The molecule has 0 fully saturated rings. The molecule has 18 rings (SSSR count). The van der Waals surface area contributed by atoms with Crippen LogP contribution in [0.1, 0.15) is 165 Å². The quantitative estimate of drug-likeness (QED) is 0.107. The van der Waals surface area contributed by atoms with Crippen LogP contribution in [0.2, 0.25) is 0 Å². The first-order chi connectivity index (χ1) is 50.4. The maximum absolute atomic E-state index is 16.6. The predicted molar refractivity (Wildman–Crippen MR) is 433 cm³/mol. The van der Waals surface area contributed by atoms with Gasteiger partial charge in [-0.15, -0.1) is 0 Å². The third-order valence-corrected chi connectivity index (χ3v) is 24.2. The molecule has 105 heavy (non-hydrogen) atoms. The summed E-state index contributed by atoms with van der Waals surface area (Å²) in [5.41, 5.74) is 33.3. The minimum atomic E-state index is -0.540. The Balaban J connectivity index is 0.885. The fourth-order valence-corrected chi connectivity index (χ4v) is 18.6. The van der Waals surface area contributed by atoms with Gasteiger partial charge in [0, 0.05) is 87.2 Å². The van der Waals surface area contributed by atoms with Gasteiger partial charge in [-0.3, -0.25) is 4.90 Å². The summed E-state index contributed by atoms with van der Waals surface area (Å²) in [6.07, 6.45) is 0. The van der Waals surface area contributed by atoms with Crippen molar-refractivity contribution in [3.8, 4) is 33.4 Å². The third kappa shape index (κ3) is 9.36. The van der Waals surface area contributed by atoms with Crippen molar-refractivity contribution in [2.45, 2.75) is 131 Å². The van der Waals surface area contributed by atoms with E-state index in [0.29, 0.717) is 47.9 Å². The van der Waals surface area contributed by atoms with E-state index in [2.05, 4.69) is 284 Å². The van der Waals surface area contributed by atoms with E-state index in [1.807, 2.05) is 36.4 Å². The lowest BCUT2D eigenvalue weighted by Crippen LogP contribution is -2.38. The number of halogens is 3. The average molecular weight is 1380 g/mol. The highest BCUT2D eigenvalue weighted by atomic mass is 19.1. The second-order valence-electron chi connectivity index (χ2n) is 32.1. The number of hydrogen-bond acceptors (Lipinski definition) is 7. The molecule has 0 aromatic heterocycles. The van der Waals surface area contributed by atoms with Crippen LogP contribution in [0.25, 0.3) is 33.4 Å². The molecule has 524 valence electrons. The highest BCUT2D eigenvalue weighted by Crippen LogP contribution is 2.75. The average Bonchev–Trinajstić information content (AvgIpc) is 1.64. The molecule has 3 aliphatic carbocycles. The number of rotatable bonds is 14. The Hall–Kier alpha value is -11.0. The van der Waals surface area contributed by atoms with Gasteiger partial charge in [0.15, 0.2) is 0 Å². The summed E-state index contributed by atoms with van der Waals surface area (Å²) >= 11 is 0. The van der Waals surface area contributed by atoms with Crippen molar-refractivity contribution in [3.63, 3.8) is 0 Å². The first-order valence-electron chi connectivity index (χ1n) is 37.6. The molecule has 0 amide bonds. The Bertz CT molecular complexity index is 5620. The van der Waals surface area contributed by atoms with E-state index >= 15 is 13.2 Å². The lowest BCUT2D eigenvalue weighted by molar-refractivity contribution is 0.628. The number of hydrogen-bond donors (Lipinski definition) is 0. The molecular weight excluding hydrogens is 1300 g/mol. The molecule has 7 nitrogen and oxygen atoms in total. The number of fused-ring (bicyclic) bond motifs is 12. The van der Waals surface area contributed by atoms with Gasteiger partial charge in [-0.2, -0.15) is 0 Å². The van der Waals surface area contributed by atoms with Crippen molar-refractivity contribution in [3.05, 3.63) is 286 Å². The van der Waals surface area contributed by atoms with Gasteiger partial charge in [0.05, 0.1) is 68.2 Å². The molecule has 6 aliphatic rings. The monoisotopic (exact) mass is 1380 g/mol. The Morgan fingerprint density at radius 1 is 0.314 bits per heavy atom. The Kier molecular flexibility index (Phi) is 14.8. The fourth-order valence-electron chi connectivity index (χ4n) is 18.6. The summed E-state index contributed by atoms with van der Waals surface area (Å²) < 4.78 is 49.7. The smallest absolute Gasteiger partial charge is 0.147 e. The van der Waals surface area contributed by atoms with E-state index < -0.39 is 16.2 Å². The van der Waals surface area contributed by atoms with E-state index in [4.69, 9.17) is 0 Å². The normalized spacial score (nSPS) is 15.1. The van der Waals surface area contributed by atoms with E-state index in [0.717, 1.165) is 102 Å². The van der Waals surface area contributed by atoms with Crippen LogP contribution in [0, 0.1) is 17.5 Å². The van der Waals surface area contributed by atoms with Crippen LogP contribution in [0.4, 0.5) is 116 Å². The molecule has 3 heterocycles. The zero-order valence-corrected chi connectivity index (χ0v) is 62.7. The zero-order valence-electron chi connectivity index (χ0n) is 62.7. The fraction of sp³-hybridized carbons (Fsp3) is 0.242. The molecule has 10 heteroatoms. The summed E-state index contributed by atoms with van der Waals surface area (Å²) in [4.78, 5) is 16.7. The first-order valence-corrected chi connectivity index (χ1v) is 37.6. The van der Waals surface area contributed by atoms with Crippen molar-refractivity contribution in [1.82, 2.24) is 0 Å². The maximum atomic E-state index is 16.6. The molecule has 12 aromatic rings. The van der Waals surface area contributed by atoms with Crippen LogP contribution in [0.15, 0.2) is 218 Å². The predicted octanol–water partition coefficient (Wildman–Crippen LogP) is 27.3. The minimum Gasteiger partial charge on any atom is -0.341 e. The van der Waals surface area contributed by atoms with Crippen LogP contribution in [-0.4, -0.2) is 20.1 Å². The lowest BCUT2D eigenvalue weighted by Gasteiger charge is -2.53. The van der Waals surface area contributed by atoms with Crippen LogP contribution in [-0.2, 0) is 16.2 Å². The third-order valence-electron chi connectivity index (χ3n) is 24.2. The molecule has 0 N–H and O–H groups in total. The van der Waals surface area contributed by atoms with Gasteiger partial charge in [-0.25, -0.2) is 13.2 Å². The first kappa shape index (κ1) is 66.0. The molecular formula is C95H88F3N7. The summed E-state index contributed by atoms with van der Waals surface area (Å²) in [7, 11) is 2.29. The molecule has 0 bridgehead atoms. The summed E-state index contributed by atoms with van der Waals surface area (Å²) in [5, 5.41) is 0. The van der Waals surface area contributed by atoms with Gasteiger partial charge in [-0.05, 0) is 226 Å². The van der Waals surface area contributed by atoms with Crippen molar-refractivity contribution >= 4 is 102 Å². The van der Waals surface area contributed by atoms with E-state index in [-0.39, 0.29) is 17.5 Å². The highest BCUT2D eigenvalue weighted by Gasteiger charge is 2.54. The van der Waals surface area contributed by atoms with Gasteiger partial charge in [0.2, 0.25) is 0 Å². The Labute approximate surface area is 616 Å². The molecule has 12 aromatic carbocycles. The maximum Gasteiger partial charge on any atom is 0.147 e. The molecule has 0 saturated heterocycles. The second-order valence-corrected chi connectivity index (χ2v) is 32.1. The highest BCUT2D eigenvalue weighted by molar-refractivity contribution is 6.24. The molecule has 0 saturated carbocycles. The van der Waals surface area contributed by atoms with Crippen LogP contribution < -0.4 is 34.3 Å². The van der Waals surface area contributed by atoms with Crippen LogP contribution >= 0.6 is 0 Å². The number of anilines is 18. The number of nitrogens with zero attached hydrogens (tertiary/aromatic N) is 7. The van der Waals surface area contributed by atoms with Crippen LogP contribution in [0.5, 0.6) is 0 Å². The Morgan fingerprint density at radius 3 is 0.895 bits per heavy atom. The zero-order chi connectivity index (χ0) is 72.9. The molecule has 0 radical (unpaired) electrons. The van der Waals surface area contributed by atoms with Gasteiger partial charge in [0.1, 0.15) is 17.5 Å².